The smallest absolute Gasteiger partial charge is 0.235 e. The van der Waals surface area contributed by atoms with E-state index in [9.17, 15) is 39.3 Å². The van der Waals surface area contributed by atoms with E-state index in [1.54, 1.807) is 13.0 Å². The van der Waals surface area contributed by atoms with Crippen LogP contribution in [0.1, 0.15) is 73.4 Å². The van der Waals surface area contributed by atoms with E-state index >= 15 is 0 Å². The first-order valence-electron chi connectivity index (χ1n) is 13.6. The van der Waals surface area contributed by atoms with E-state index in [1.165, 1.54) is 19.0 Å². The van der Waals surface area contributed by atoms with Crippen molar-refractivity contribution in [2.75, 3.05) is 14.1 Å². The van der Waals surface area contributed by atoms with Gasteiger partial charge >= 0.3 is 0 Å². The highest BCUT2D eigenvalue weighted by Gasteiger charge is 2.73. The van der Waals surface area contributed by atoms with Gasteiger partial charge in [-0.15, -0.1) is 0 Å². The number of amides is 1. The molecule has 8 unspecified atom stereocenters. The molecule has 1 amide bonds. The Bertz CT molecular complexity index is 1300. The molecule has 39 heavy (non-hydrogen) atoms. The maximum Gasteiger partial charge on any atom is 0.235 e. The molecule has 5 N–H and O–H groups in total. The van der Waals surface area contributed by atoms with Gasteiger partial charge < -0.3 is 21.1 Å². The molecule has 5 rings (SSSR count). The van der Waals surface area contributed by atoms with Gasteiger partial charge in [0, 0.05) is 11.5 Å². The van der Waals surface area contributed by atoms with Gasteiger partial charge in [-0.3, -0.25) is 28.9 Å². The molecule has 210 valence electrons. The summed E-state index contributed by atoms with van der Waals surface area (Å²) in [7, 11) is 2.94. The van der Waals surface area contributed by atoms with Crippen LogP contribution in [0.15, 0.2) is 12.1 Å². The standard InChI is InChI=1S/C29H36N2O8/c1-12-13-8-9-14(28(2)10-6-5-7-11-28)21(32)16(13)22(33)17-15(12)23(34)19-20(31(3)4)24(35)18(27(30)38)26(37)29(19,39)25(17)36/h8-9,12,15,17-20,23,32,34,39H,5-7,10-11H2,1-4H3,(H2,30,38). The number of nitrogens with two attached hydrogens (primary N) is 1. The molecule has 1 aromatic rings. The summed E-state index contributed by atoms with van der Waals surface area (Å²) in [4.78, 5) is 68.3. The van der Waals surface area contributed by atoms with Crippen molar-refractivity contribution in [2.24, 2.45) is 29.4 Å². The number of ketones is 4. The topological polar surface area (TPSA) is 175 Å². The van der Waals surface area contributed by atoms with Gasteiger partial charge in [-0.25, -0.2) is 0 Å². The number of carbonyl (C=O) groups is 5. The molecule has 3 fully saturated rings. The lowest BCUT2D eigenvalue weighted by Gasteiger charge is -2.56. The first kappa shape index (κ1) is 27.6. The first-order chi connectivity index (χ1) is 18.2. The summed E-state index contributed by atoms with van der Waals surface area (Å²) in [6.45, 7) is 3.76. The number of aliphatic hydroxyl groups excluding tert-OH is 1. The van der Waals surface area contributed by atoms with E-state index in [0.29, 0.717) is 11.1 Å². The van der Waals surface area contributed by atoms with E-state index < -0.39 is 76.4 Å². The molecular formula is C29H36N2O8. The summed E-state index contributed by atoms with van der Waals surface area (Å²) in [5.41, 5.74) is 3.04. The van der Waals surface area contributed by atoms with Crippen molar-refractivity contribution in [3.8, 4) is 5.75 Å². The summed E-state index contributed by atoms with van der Waals surface area (Å²) in [6, 6.07) is 2.19. The molecular weight excluding hydrogens is 504 g/mol. The van der Waals surface area contributed by atoms with E-state index in [0.717, 1.165) is 32.1 Å². The number of rotatable bonds is 3. The van der Waals surface area contributed by atoms with Gasteiger partial charge in [0.15, 0.2) is 34.7 Å². The molecule has 0 aliphatic heterocycles. The predicted octanol–water partition coefficient (Wildman–Crippen LogP) is 0.621. The molecule has 10 heteroatoms. The number of primary amides is 1. The number of phenolic OH excluding ortho intramolecular Hbond substituents is 1. The van der Waals surface area contributed by atoms with E-state index in [2.05, 4.69) is 0 Å². The number of fused-ring (bicyclic) bond motifs is 3. The molecule has 0 saturated heterocycles. The van der Waals surface area contributed by atoms with Crippen LogP contribution in [0, 0.1) is 23.7 Å². The van der Waals surface area contributed by atoms with Crippen LogP contribution in [0.2, 0.25) is 0 Å². The minimum atomic E-state index is -2.99. The fraction of sp³-hybridized carbons (Fsp3) is 0.621. The molecule has 0 spiro atoms. The van der Waals surface area contributed by atoms with Crippen LogP contribution >= 0.6 is 0 Å². The molecule has 0 heterocycles. The third-order valence-corrected chi connectivity index (χ3v) is 10.1. The van der Waals surface area contributed by atoms with E-state index in [4.69, 9.17) is 5.73 Å². The minimum absolute atomic E-state index is 0.0365. The average Bonchev–Trinajstić information content (AvgIpc) is 2.86. The Morgan fingerprint density at radius 1 is 1.05 bits per heavy atom. The Kier molecular flexibility index (Phi) is 6.40. The fourth-order valence-electron chi connectivity index (χ4n) is 8.08. The van der Waals surface area contributed by atoms with E-state index in [-0.39, 0.29) is 16.7 Å². The SMILES string of the molecule is CC1c2ccc(C3(C)CCCCC3)c(O)c2C(=O)C2C(=O)C3(O)C(=O)C(C(N)=O)C(=O)C(N(C)C)C3C(O)C21. The van der Waals surface area contributed by atoms with Gasteiger partial charge in [0.1, 0.15) is 5.75 Å². The number of carbonyl (C=O) groups excluding carboxylic acids is 5. The number of nitrogens with zero attached hydrogens (tertiary/aromatic N) is 1. The zero-order chi connectivity index (χ0) is 28.8. The zero-order valence-electron chi connectivity index (χ0n) is 22.6. The molecule has 10 nitrogen and oxygen atoms in total. The lowest BCUT2D eigenvalue weighted by Crippen LogP contribution is -2.77. The highest BCUT2D eigenvalue weighted by atomic mass is 16.3. The molecule has 8 atom stereocenters. The number of aliphatic hydroxyl groups is 2. The normalized spacial score (nSPS) is 37.8. The third kappa shape index (κ3) is 3.54. The second kappa shape index (κ2) is 9.04. The van der Waals surface area contributed by atoms with Crippen LogP contribution < -0.4 is 5.73 Å². The lowest BCUT2D eigenvalue weighted by atomic mass is 9.49. The number of benzene rings is 1. The van der Waals surface area contributed by atoms with Gasteiger partial charge in [-0.1, -0.05) is 45.2 Å². The molecule has 1 aromatic carbocycles. The van der Waals surface area contributed by atoms with Crippen LogP contribution in [-0.4, -0.2) is 81.1 Å². The molecule has 0 bridgehead atoms. The van der Waals surface area contributed by atoms with Gasteiger partial charge in [-0.05, 0) is 43.8 Å². The lowest BCUT2D eigenvalue weighted by molar-refractivity contribution is -0.196. The van der Waals surface area contributed by atoms with Crippen molar-refractivity contribution >= 4 is 29.0 Å². The third-order valence-electron chi connectivity index (χ3n) is 10.1. The number of hydrogen-bond donors (Lipinski definition) is 4. The van der Waals surface area contributed by atoms with Gasteiger partial charge in [0.05, 0.1) is 29.5 Å². The number of phenols is 1. The monoisotopic (exact) mass is 540 g/mol. The second-order valence-corrected chi connectivity index (χ2v) is 12.4. The first-order valence-corrected chi connectivity index (χ1v) is 13.6. The molecule has 0 radical (unpaired) electrons. The summed E-state index contributed by atoms with van der Waals surface area (Å²) < 4.78 is 0. The molecule has 0 aromatic heterocycles. The Labute approximate surface area is 226 Å². The van der Waals surface area contributed by atoms with Gasteiger partial charge in [-0.2, -0.15) is 0 Å². The van der Waals surface area contributed by atoms with Crippen LogP contribution in [0.4, 0.5) is 0 Å². The maximum absolute atomic E-state index is 14.1. The Balaban J connectivity index is 1.68. The predicted molar refractivity (Wildman–Crippen MR) is 138 cm³/mol. The minimum Gasteiger partial charge on any atom is -0.507 e. The summed E-state index contributed by atoms with van der Waals surface area (Å²) in [5.74, 6) is -12.9. The summed E-state index contributed by atoms with van der Waals surface area (Å²) in [5, 5.41) is 34.9. The largest absolute Gasteiger partial charge is 0.507 e. The number of likely N-dealkylation sites (N-methyl/N-ethyl adjacent to an activating group) is 1. The second-order valence-electron chi connectivity index (χ2n) is 12.4. The van der Waals surface area contributed by atoms with Crippen molar-refractivity contribution in [1.82, 2.24) is 4.90 Å². The number of aromatic hydroxyl groups is 1. The van der Waals surface area contributed by atoms with Crippen LogP contribution in [0.25, 0.3) is 0 Å². The fourth-order valence-corrected chi connectivity index (χ4v) is 8.08. The van der Waals surface area contributed by atoms with Crippen molar-refractivity contribution in [1.29, 1.82) is 0 Å². The van der Waals surface area contributed by atoms with Crippen LogP contribution in [-0.2, 0) is 24.6 Å². The quantitative estimate of drug-likeness (QED) is 0.401. The highest BCUT2D eigenvalue weighted by molar-refractivity contribution is 6.32. The van der Waals surface area contributed by atoms with Crippen molar-refractivity contribution in [2.45, 2.75) is 75.0 Å². The van der Waals surface area contributed by atoms with Crippen molar-refractivity contribution in [3.05, 3.63) is 28.8 Å². The van der Waals surface area contributed by atoms with E-state index in [1.807, 2.05) is 13.0 Å². The molecule has 4 aliphatic rings. The Hall–Kier alpha value is -2.95. The zero-order valence-corrected chi connectivity index (χ0v) is 22.6. The Morgan fingerprint density at radius 2 is 1.67 bits per heavy atom. The average molecular weight is 541 g/mol. The highest BCUT2D eigenvalue weighted by Crippen LogP contribution is 2.55. The molecule has 3 saturated carbocycles. The van der Waals surface area contributed by atoms with Crippen molar-refractivity contribution in [3.63, 3.8) is 0 Å². The number of hydrogen-bond acceptors (Lipinski definition) is 9. The van der Waals surface area contributed by atoms with Gasteiger partial charge in [0.2, 0.25) is 5.91 Å². The number of Topliss-reactive ketones (excluding diaryl/α,β-unsaturated/α-hetero) is 4. The van der Waals surface area contributed by atoms with Crippen LogP contribution in [0.3, 0.4) is 0 Å². The van der Waals surface area contributed by atoms with Gasteiger partial charge in [0.25, 0.3) is 0 Å². The summed E-state index contributed by atoms with van der Waals surface area (Å²) in [6.07, 6.45) is 3.08. The Morgan fingerprint density at radius 3 is 2.23 bits per heavy atom. The summed E-state index contributed by atoms with van der Waals surface area (Å²) >= 11 is 0. The molecule has 4 aliphatic carbocycles. The van der Waals surface area contributed by atoms with Crippen LogP contribution in [0.5, 0.6) is 5.75 Å². The maximum atomic E-state index is 14.1. The van der Waals surface area contributed by atoms with Crippen molar-refractivity contribution < 1.29 is 39.3 Å².